The molecule has 0 aliphatic carbocycles. The van der Waals surface area contributed by atoms with E-state index in [9.17, 15) is 8.42 Å². The fourth-order valence-corrected chi connectivity index (χ4v) is 2.34. The summed E-state index contributed by atoms with van der Waals surface area (Å²) in [6.45, 7) is 6.06. The average molecular weight is 302 g/mol. The Kier molecular flexibility index (Phi) is 6.09. The van der Waals surface area contributed by atoms with Crippen molar-refractivity contribution in [2.45, 2.75) is 26.7 Å². The molecule has 0 aliphatic heterocycles. The van der Waals surface area contributed by atoms with Crippen molar-refractivity contribution in [2.24, 2.45) is 5.14 Å². The largest absolute Gasteiger partial charge is 0.493 e. The van der Waals surface area contributed by atoms with Crippen molar-refractivity contribution in [3.63, 3.8) is 0 Å². The van der Waals surface area contributed by atoms with Gasteiger partial charge < -0.3 is 13.8 Å². The molecule has 114 valence electrons. The summed E-state index contributed by atoms with van der Waals surface area (Å²) in [5.74, 6) is 0.431. The molecule has 1 aromatic rings. The maximum Gasteiger partial charge on any atom is 0.380 e. The van der Waals surface area contributed by atoms with E-state index in [1.54, 1.807) is 18.2 Å². The number of methoxy groups -OCH3 is 1. The van der Waals surface area contributed by atoms with Crippen LogP contribution in [0.5, 0.6) is 11.5 Å². The van der Waals surface area contributed by atoms with Crippen molar-refractivity contribution >= 4 is 16.0 Å². The first-order valence-corrected chi connectivity index (χ1v) is 8.03. The number of rotatable bonds is 8. The lowest BCUT2D eigenvalue weighted by molar-refractivity contribution is 0.390. The number of hydrogen-bond donors (Lipinski definition) is 1. The van der Waals surface area contributed by atoms with E-state index in [2.05, 4.69) is 22.9 Å². The molecule has 0 aliphatic rings. The van der Waals surface area contributed by atoms with E-state index in [0.717, 1.165) is 31.6 Å². The molecule has 1 aromatic carbocycles. The topological polar surface area (TPSA) is 81.9 Å². The number of hydrogen-bond acceptors (Lipinski definition) is 5. The fourth-order valence-electron chi connectivity index (χ4n) is 1.96. The van der Waals surface area contributed by atoms with Gasteiger partial charge in [-0.2, -0.15) is 13.6 Å². The Morgan fingerprint density at radius 2 is 1.75 bits per heavy atom. The molecule has 2 N–H and O–H groups in total. The summed E-state index contributed by atoms with van der Waals surface area (Å²) in [5.41, 5.74) is 0.965. The van der Waals surface area contributed by atoms with Crippen LogP contribution in [0.3, 0.4) is 0 Å². The average Bonchev–Trinajstić information content (AvgIpc) is 2.37. The second-order valence-corrected chi connectivity index (χ2v) is 5.55. The van der Waals surface area contributed by atoms with E-state index in [-0.39, 0.29) is 5.75 Å². The van der Waals surface area contributed by atoms with Crippen LogP contribution in [-0.2, 0) is 10.3 Å². The number of nitrogens with two attached hydrogens (primary N) is 1. The summed E-state index contributed by atoms with van der Waals surface area (Å²) in [6, 6.07) is 5.11. The van der Waals surface area contributed by atoms with Crippen LogP contribution in [0.1, 0.15) is 26.7 Å². The normalized spacial score (nSPS) is 11.2. The van der Waals surface area contributed by atoms with E-state index in [4.69, 9.17) is 9.88 Å². The SMILES string of the molecule is CCCN(CCC)c1ccc(OS(N)(=O)=O)c(OC)c1. The van der Waals surface area contributed by atoms with E-state index in [0.29, 0.717) is 5.75 Å². The molecule has 0 unspecified atom stereocenters. The van der Waals surface area contributed by atoms with Gasteiger partial charge in [0.2, 0.25) is 0 Å². The van der Waals surface area contributed by atoms with Crippen molar-refractivity contribution < 1.29 is 17.3 Å². The molecule has 7 heteroatoms. The second-order valence-electron chi connectivity index (χ2n) is 4.40. The minimum Gasteiger partial charge on any atom is -0.493 e. The minimum absolute atomic E-state index is 0.0895. The quantitative estimate of drug-likeness (QED) is 0.793. The van der Waals surface area contributed by atoms with E-state index in [1.165, 1.54) is 7.11 Å². The van der Waals surface area contributed by atoms with Crippen LogP contribution in [-0.4, -0.2) is 28.6 Å². The lowest BCUT2D eigenvalue weighted by atomic mass is 10.2. The first kappa shape index (κ1) is 16.6. The summed E-state index contributed by atoms with van der Waals surface area (Å²) in [4.78, 5) is 2.21. The minimum atomic E-state index is -4.06. The molecule has 0 bridgehead atoms. The van der Waals surface area contributed by atoms with E-state index >= 15 is 0 Å². The molecule has 0 radical (unpaired) electrons. The van der Waals surface area contributed by atoms with E-state index < -0.39 is 10.3 Å². The zero-order valence-electron chi connectivity index (χ0n) is 12.1. The Hall–Kier alpha value is -1.47. The van der Waals surface area contributed by atoms with E-state index in [1.807, 2.05) is 0 Å². The van der Waals surface area contributed by atoms with Gasteiger partial charge in [-0.1, -0.05) is 13.8 Å². The van der Waals surface area contributed by atoms with Crippen molar-refractivity contribution in [3.05, 3.63) is 18.2 Å². The Bertz CT molecular complexity index is 525. The summed E-state index contributed by atoms with van der Waals surface area (Å²) in [6.07, 6.45) is 2.05. The van der Waals surface area contributed by atoms with Crippen molar-refractivity contribution in [1.29, 1.82) is 0 Å². The zero-order chi connectivity index (χ0) is 15.2. The molecular formula is C13H22N2O4S. The third-order valence-corrected chi connectivity index (χ3v) is 3.12. The smallest absolute Gasteiger partial charge is 0.380 e. The predicted octanol–water partition coefficient (Wildman–Crippen LogP) is 1.90. The van der Waals surface area contributed by atoms with Crippen LogP contribution in [0.4, 0.5) is 5.69 Å². The molecular weight excluding hydrogens is 280 g/mol. The van der Waals surface area contributed by atoms with Gasteiger partial charge in [0.1, 0.15) is 0 Å². The summed E-state index contributed by atoms with van der Waals surface area (Å²) in [7, 11) is -2.60. The van der Waals surface area contributed by atoms with Crippen molar-refractivity contribution in [3.8, 4) is 11.5 Å². The Morgan fingerprint density at radius 1 is 1.15 bits per heavy atom. The molecule has 0 atom stereocenters. The molecule has 20 heavy (non-hydrogen) atoms. The maximum absolute atomic E-state index is 11.0. The first-order chi connectivity index (χ1) is 9.41. The van der Waals surface area contributed by atoms with Gasteiger partial charge in [-0.3, -0.25) is 0 Å². The molecule has 0 aromatic heterocycles. The third-order valence-electron chi connectivity index (χ3n) is 2.71. The van der Waals surface area contributed by atoms with Gasteiger partial charge in [0.15, 0.2) is 11.5 Å². The van der Waals surface area contributed by atoms with Gasteiger partial charge in [-0.15, -0.1) is 0 Å². The lowest BCUT2D eigenvalue weighted by Crippen LogP contribution is -2.25. The molecule has 0 saturated heterocycles. The molecule has 0 heterocycles. The van der Waals surface area contributed by atoms with Gasteiger partial charge in [0.25, 0.3) is 0 Å². The fraction of sp³-hybridized carbons (Fsp3) is 0.538. The van der Waals surface area contributed by atoms with Crippen molar-refractivity contribution in [1.82, 2.24) is 0 Å². The zero-order valence-corrected chi connectivity index (χ0v) is 12.9. The van der Waals surface area contributed by atoms with Crippen LogP contribution in [0, 0.1) is 0 Å². The van der Waals surface area contributed by atoms with Gasteiger partial charge in [0, 0.05) is 24.8 Å². The van der Waals surface area contributed by atoms with Crippen LogP contribution in [0.25, 0.3) is 0 Å². The van der Waals surface area contributed by atoms with Gasteiger partial charge in [-0.05, 0) is 25.0 Å². The highest BCUT2D eigenvalue weighted by Gasteiger charge is 2.14. The predicted molar refractivity (Wildman–Crippen MR) is 79.5 cm³/mol. The molecule has 1 rings (SSSR count). The second kappa shape index (κ2) is 7.35. The third kappa shape index (κ3) is 4.90. The molecule has 0 saturated carbocycles. The summed E-state index contributed by atoms with van der Waals surface area (Å²) in [5, 5.41) is 4.87. The first-order valence-electron chi connectivity index (χ1n) is 6.56. The van der Waals surface area contributed by atoms with Crippen LogP contribution >= 0.6 is 0 Å². The monoisotopic (exact) mass is 302 g/mol. The summed E-state index contributed by atoms with van der Waals surface area (Å²) >= 11 is 0. The number of nitrogens with zero attached hydrogens (tertiary/aromatic N) is 1. The Morgan fingerprint density at radius 3 is 2.20 bits per heavy atom. The number of anilines is 1. The Balaban J connectivity index is 3.07. The molecule has 6 nitrogen and oxygen atoms in total. The van der Waals surface area contributed by atoms with Crippen LogP contribution < -0.4 is 19.0 Å². The molecule has 0 fully saturated rings. The Labute approximate surface area is 120 Å². The van der Waals surface area contributed by atoms with Gasteiger partial charge in [0.05, 0.1) is 7.11 Å². The highest BCUT2D eigenvalue weighted by molar-refractivity contribution is 7.84. The van der Waals surface area contributed by atoms with Gasteiger partial charge >= 0.3 is 10.3 Å². The van der Waals surface area contributed by atoms with Gasteiger partial charge in [-0.25, -0.2) is 0 Å². The van der Waals surface area contributed by atoms with Crippen LogP contribution in [0.15, 0.2) is 18.2 Å². The molecule has 0 amide bonds. The standard InChI is InChI=1S/C13H22N2O4S/c1-4-8-15(9-5-2)11-6-7-12(13(10-11)18-3)19-20(14,16)17/h6-7,10H,4-5,8-9H2,1-3H3,(H2,14,16,17). The van der Waals surface area contributed by atoms with Crippen LogP contribution in [0.2, 0.25) is 0 Å². The summed E-state index contributed by atoms with van der Waals surface area (Å²) < 4.78 is 31.8. The molecule has 0 spiro atoms. The highest BCUT2D eigenvalue weighted by Crippen LogP contribution is 2.32. The number of ether oxygens (including phenoxy) is 1. The lowest BCUT2D eigenvalue weighted by Gasteiger charge is -2.24. The number of benzene rings is 1. The highest BCUT2D eigenvalue weighted by atomic mass is 32.2. The van der Waals surface area contributed by atoms with Crippen molar-refractivity contribution in [2.75, 3.05) is 25.1 Å². The maximum atomic E-state index is 11.0.